The zero-order valence-corrected chi connectivity index (χ0v) is 15.6. The zero-order valence-electron chi connectivity index (χ0n) is 15.6. The van der Waals surface area contributed by atoms with Crippen LogP contribution in [0.1, 0.15) is 11.3 Å². The quantitative estimate of drug-likeness (QED) is 0.571. The van der Waals surface area contributed by atoms with Gasteiger partial charge in [-0.15, -0.1) is 0 Å². The third-order valence-corrected chi connectivity index (χ3v) is 4.99. The summed E-state index contributed by atoms with van der Waals surface area (Å²) < 4.78 is 36.0. The summed E-state index contributed by atoms with van der Waals surface area (Å²) in [6, 6.07) is 7.20. The Morgan fingerprint density at radius 3 is 2.62 bits per heavy atom. The van der Waals surface area contributed by atoms with E-state index in [2.05, 4.69) is 10.3 Å². The number of aryl methyl sites for hydroxylation is 1. The third kappa shape index (κ3) is 3.46. The lowest BCUT2D eigenvalue weighted by Gasteiger charge is -2.47. The van der Waals surface area contributed by atoms with Gasteiger partial charge in [0.1, 0.15) is 36.4 Å². The summed E-state index contributed by atoms with van der Waals surface area (Å²) in [4.78, 5) is 4.44. The third-order valence-electron chi connectivity index (χ3n) is 4.99. The molecule has 4 rings (SSSR count). The van der Waals surface area contributed by atoms with Crippen LogP contribution >= 0.6 is 0 Å². The number of hydrogen-bond donors (Lipinski definition) is 3. The highest BCUT2D eigenvalue weighted by atomic mass is 19.1. The number of halogens is 2. The van der Waals surface area contributed by atoms with E-state index < -0.39 is 29.0 Å². The molecule has 6 nitrogen and oxygen atoms in total. The van der Waals surface area contributed by atoms with Gasteiger partial charge < -0.3 is 19.4 Å². The molecule has 0 saturated carbocycles. The largest absolute Gasteiger partial charge is 0.381 e. The van der Waals surface area contributed by atoms with Gasteiger partial charge in [0.15, 0.2) is 7.85 Å². The maximum absolute atomic E-state index is 14.5. The number of aromatic nitrogens is 2. The lowest BCUT2D eigenvalue weighted by Crippen LogP contribution is -2.71. The van der Waals surface area contributed by atoms with Crippen LogP contribution in [0.3, 0.4) is 0 Å². The second-order valence-electron chi connectivity index (χ2n) is 7.22. The normalized spacial score (nSPS) is 27.4. The molecular formula is C19H17B2F2N3O3. The minimum atomic E-state index is -2.56. The molecule has 1 aliphatic rings. The van der Waals surface area contributed by atoms with Gasteiger partial charge in [-0.05, 0) is 36.8 Å². The van der Waals surface area contributed by atoms with Crippen molar-refractivity contribution in [3.63, 3.8) is 0 Å². The maximum atomic E-state index is 14.5. The molecule has 1 saturated heterocycles. The van der Waals surface area contributed by atoms with E-state index in [-0.39, 0.29) is 24.2 Å². The molecule has 0 aliphatic carbocycles. The number of hydrogen-bond acceptors (Lipinski definition) is 5. The van der Waals surface area contributed by atoms with Gasteiger partial charge in [-0.2, -0.15) is 0 Å². The number of ether oxygens (including phenoxy) is 1. The molecule has 3 unspecified atom stereocenters. The van der Waals surface area contributed by atoms with E-state index in [9.17, 15) is 19.0 Å². The first-order valence-corrected chi connectivity index (χ1v) is 8.96. The standard InChI is InChI=1S/C19H17B2F2N3O3/c1-10-5-6-26-14(8-11-9-24-18(20,27)19(21,28)29-11)17(25-15(26)7-10)16-12(22)3-2-4-13(16)23/h2-7,11,24,27-28H,8-9H2,1H3. The van der Waals surface area contributed by atoms with Gasteiger partial charge in [0.2, 0.25) is 0 Å². The van der Waals surface area contributed by atoms with Crippen LogP contribution in [0.25, 0.3) is 16.9 Å². The van der Waals surface area contributed by atoms with E-state index >= 15 is 0 Å². The molecule has 2 aromatic heterocycles. The summed E-state index contributed by atoms with van der Waals surface area (Å²) in [6.45, 7) is 1.91. The van der Waals surface area contributed by atoms with Crippen LogP contribution in [0.2, 0.25) is 0 Å². The number of benzene rings is 1. The Hall–Kier alpha value is -2.26. The van der Waals surface area contributed by atoms with Crippen LogP contribution in [-0.4, -0.2) is 59.2 Å². The number of fused-ring (bicyclic) bond motifs is 1. The molecule has 0 spiro atoms. The number of pyridine rings is 1. The molecule has 3 atom stereocenters. The minimum absolute atomic E-state index is 0.0325. The van der Waals surface area contributed by atoms with Gasteiger partial charge in [-0.1, -0.05) is 6.07 Å². The molecule has 1 fully saturated rings. The summed E-state index contributed by atoms with van der Waals surface area (Å²) in [5.74, 6) is -1.50. The molecule has 3 N–H and O–H groups in total. The van der Waals surface area contributed by atoms with Gasteiger partial charge in [0.05, 0.1) is 23.1 Å². The van der Waals surface area contributed by atoms with E-state index in [1.165, 1.54) is 6.07 Å². The second-order valence-corrected chi connectivity index (χ2v) is 7.22. The number of nitrogens with one attached hydrogen (secondary N) is 1. The average Bonchev–Trinajstić information content (AvgIpc) is 2.95. The van der Waals surface area contributed by atoms with Gasteiger partial charge in [0.25, 0.3) is 0 Å². The molecule has 0 amide bonds. The van der Waals surface area contributed by atoms with Crippen LogP contribution in [0.5, 0.6) is 0 Å². The molecular weight excluding hydrogens is 378 g/mol. The number of imidazole rings is 1. The Morgan fingerprint density at radius 1 is 1.28 bits per heavy atom. The summed E-state index contributed by atoms with van der Waals surface area (Å²) in [7, 11) is 11.0. The van der Waals surface area contributed by atoms with Crippen molar-refractivity contribution in [2.75, 3.05) is 6.54 Å². The van der Waals surface area contributed by atoms with Gasteiger partial charge in [0, 0.05) is 19.2 Å². The fourth-order valence-corrected chi connectivity index (χ4v) is 3.43. The fourth-order valence-electron chi connectivity index (χ4n) is 3.43. The van der Waals surface area contributed by atoms with Crippen molar-refractivity contribution in [1.82, 2.24) is 14.7 Å². The molecule has 0 bridgehead atoms. The fraction of sp³-hybridized carbons (Fsp3) is 0.316. The molecule has 3 aromatic rings. The highest BCUT2D eigenvalue weighted by molar-refractivity contribution is 6.24. The van der Waals surface area contributed by atoms with E-state index in [4.69, 9.17) is 20.4 Å². The van der Waals surface area contributed by atoms with Crippen LogP contribution in [-0.2, 0) is 11.2 Å². The molecule has 4 radical (unpaired) electrons. The Morgan fingerprint density at radius 2 is 1.97 bits per heavy atom. The lowest BCUT2D eigenvalue weighted by molar-refractivity contribution is -0.269. The average molecular weight is 395 g/mol. The Labute approximate surface area is 168 Å². The van der Waals surface area contributed by atoms with Gasteiger partial charge in [-0.3, -0.25) is 5.32 Å². The predicted molar refractivity (Wildman–Crippen MR) is 103 cm³/mol. The highest BCUT2D eigenvalue weighted by Gasteiger charge is 2.46. The van der Waals surface area contributed by atoms with E-state index in [1.807, 2.05) is 13.0 Å². The van der Waals surface area contributed by atoms with Crippen molar-refractivity contribution in [1.29, 1.82) is 0 Å². The minimum Gasteiger partial charge on any atom is -0.381 e. The molecule has 1 aromatic carbocycles. The van der Waals surface area contributed by atoms with Crippen molar-refractivity contribution in [3.8, 4) is 11.3 Å². The Bertz CT molecular complexity index is 1070. The Balaban J connectivity index is 1.81. The first-order valence-electron chi connectivity index (χ1n) is 8.96. The second kappa shape index (κ2) is 6.91. The number of aliphatic hydroxyl groups is 2. The lowest BCUT2D eigenvalue weighted by atomic mass is 9.71. The van der Waals surface area contributed by atoms with E-state index in [0.29, 0.717) is 11.3 Å². The molecule has 1 aliphatic heterocycles. The van der Waals surface area contributed by atoms with Crippen molar-refractivity contribution in [3.05, 3.63) is 59.4 Å². The van der Waals surface area contributed by atoms with Crippen LogP contribution in [0.15, 0.2) is 36.5 Å². The van der Waals surface area contributed by atoms with Gasteiger partial charge in [-0.25, -0.2) is 13.8 Å². The predicted octanol–water partition coefficient (Wildman–Crippen LogP) is 0.748. The first-order chi connectivity index (χ1) is 13.6. The van der Waals surface area contributed by atoms with E-state index in [0.717, 1.165) is 17.7 Å². The smallest absolute Gasteiger partial charge is 0.158 e. The number of rotatable bonds is 3. The van der Waals surface area contributed by atoms with Crippen molar-refractivity contribution >= 4 is 21.3 Å². The number of nitrogens with zero attached hydrogens (tertiary/aromatic N) is 2. The summed E-state index contributed by atoms with van der Waals surface area (Å²) in [5.41, 5.74) is -3.17. The zero-order chi connectivity index (χ0) is 21.0. The molecule has 3 heterocycles. The van der Waals surface area contributed by atoms with Crippen molar-refractivity contribution in [2.24, 2.45) is 0 Å². The summed E-state index contributed by atoms with van der Waals surface area (Å²) in [6.07, 6.45) is 1.05. The SMILES string of the molecule is [B]C1(O)NCC(Cc2c(-c3c(F)cccc3F)nc3cc(C)ccn23)OC1([B])O. The summed E-state index contributed by atoms with van der Waals surface area (Å²) >= 11 is 0. The maximum Gasteiger partial charge on any atom is 0.158 e. The first kappa shape index (κ1) is 20.0. The topological polar surface area (TPSA) is 79.0 Å². The van der Waals surface area contributed by atoms with Gasteiger partial charge >= 0.3 is 0 Å². The highest BCUT2D eigenvalue weighted by Crippen LogP contribution is 2.32. The van der Waals surface area contributed by atoms with Crippen LogP contribution in [0, 0.1) is 18.6 Å². The Kier molecular flexibility index (Phi) is 4.77. The van der Waals surface area contributed by atoms with E-state index in [1.54, 1.807) is 16.7 Å². The molecule has 29 heavy (non-hydrogen) atoms. The molecule has 146 valence electrons. The number of morpholine rings is 1. The monoisotopic (exact) mass is 395 g/mol. The van der Waals surface area contributed by atoms with Crippen LogP contribution < -0.4 is 5.32 Å². The summed E-state index contributed by atoms with van der Waals surface area (Å²) in [5, 5.41) is 22.5. The molecule has 10 heteroatoms. The van der Waals surface area contributed by atoms with Crippen molar-refractivity contribution in [2.45, 2.75) is 30.8 Å². The van der Waals surface area contributed by atoms with Crippen LogP contribution in [0.4, 0.5) is 8.78 Å². The van der Waals surface area contributed by atoms with Crippen molar-refractivity contribution < 1.29 is 23.7 Å².